The Morgan fingerprint density at radius 3 is 2.07 bits per heavy atom. The molecule has 0 aliphatic rings. The maximum atomic E-state index is 11.8. The van der Waals surface area contributed by atoms with Gasteiger partial charge in [0.2, 0.25) is 0 Å². The summed E-state index contributed by atoms with van der Waals surface area (Å²) in [6.07, 6.45) is -0.623. The summed E-state index contributed by atoms with van der Waals surface area (Å²) in [6, 6.07) is 20.3. The van der Waals surface area contributed by atoms with E-state index in [0.29, 0.717) is 25.2 Å². The number of carbonyl (C=O) groups is 3. The van der Waals surface area contributed by atoms with Gasteiger partial charge in [0.1, 0.15) is 0 Å². The maximum absolute atomic E-state index is 11.8. The molecule has 218 valence electrons. The van der Waals surface area contributed by atoms with Crippen LogP contribution in [0.2, 0.25) is 0 Å². The van der Waals surface area contributed by atoms with Crippen LogP contribution >= 0.6 is 0 Å². The van der Waals surface area contributed by atoms with E-state index in [0.717, 1.165) is 17.7 Å². The molecule has 0 aromatic heterocycles. The number of nitrogens with one attached hydrogen (secondary N) is 2. The number of benzene rings is 3. The first-order valence-electron chi connectivity index (χ1n) is 12.9. The van der Waals surface area contributed by atoms with E-state index in [1.165, 1.54) is 23.3 Å². The number of hydrogen-bond donors (Lipinski definition) is 5. The Morgan fingerprint density at radius 1 is 0.857 bits per heavy atom. The molecule has 10 heteroatoms. The van der Waals surface area contributed by atoms with Crippen LogP contribution in [0.25, 0.3) is 0 Å². The molecule has 3 aromatic rings. The van der Waals surface area contributed by atoms with Crippen LogP contribution in [0.1, 0.15) is 43.7 Å². The van der Waals surface area contributed by atoms with Crippen LogP contribution in [0.3, 0.4) is 0 Å². The Bertz CT molecular complexity index is 1470. The second-order valence-corrected chi connectivity index (χ2v) is 8.58. The second kappa shape index (κ2) is 19.0. The van der Waals surface area contributed by atoms with Gasteiger partial charge in [-0.05, 0) is 47.5 Å². The molecule has 0 radical (unpaired) electrons. The number of amides is 1. The number of carbonyl (C=O) groups excluding carboxylic acids is 2. The van der Waals surface area contributed by atoms with Crippen LogP contribution in [0.5, 0.6) is 0 Å². The van der Waals surface area contributed by atoms with E-state index in [4.69, 9.17) is 16.2 Å². The van der Waals surface area contributed by atoms with Gasteiger partial charge in [-0.15, -0.1) is 0 Å². The molecule has 10 nitrogen and oxygen atoms in total. The highest BCUT2D eigenvalue weighted by molar-refractivity contribution is 5.91. The summed E-state index contributed by atoms with van der Waals surface area (Å²) in [4.78, 5) is 33.3. The van der Waals surface area contributed by atoms with Crippen LogP contribution < -0.4 is 22.1 Å². The lowest BCUT2D eigenvalue weighted by Gasteiger charge is -2.06. The fourth-order valence-corrected chi connectivity index (χ4v) is 3.52. The molecule has 0 saturated heterocycles. The first-order valence-corrected chi connectivity index (χ1v) is 12.9. The fraction of sp³-hybridized carbons (Fsp3) is 0.219. The van der Waals surface area contributed by atoms with E-state index in [1.807, 2.05) is 43.4 Å². The zero-order valence-corrected chi connectivity index (χ0v) is 23.3. The van der Waals surface area contributed by atoms with Crippen LogP contribution in [-0.4, -0.2) is 43.9 Å². The molecule has 0 unspecified atom stereocenters. The minimum Gasteiger partial charge on any atom is -0.478 e. The molecule has 0 spiro atoms. The van der Waals surface area contributed by atoms with Crippen LogP contribution in [0.4, 0.5) is 4.79 Å². The molecule has 0 bridgehead atoms. The minimum atomic E-state index is -1.17. The highest BCUT2D eigenvalue weighted by atomic mass is 16.5. The van der Waals surface area contributed by atoms with Crippen molar-refractivity contribution in [3.8, 4) is 23.7 Å². The zero-order chi connectivity index (χ0) is 30.6. The van der Waals surface area contributed by atoms with Crippen molar-refractivity contribution in [2.24, 2.45) is 11.5 Å². The molecule has 0 saturated carbocycles. The second-order valence-electron chi connectivity index (χ2n) is 8.58. The van der Waals surface area contributed by atoms with Gasteiger partial charge in [-0.3, -0.25) is 4.79 Å². The lowest BCUT2D eigenvalue weighted by atomic mass is 10.0. The summed E-state index contributed by atoms with van der Waals surface area (Å²) in [7, 11) is 1.94. The van der Waals surface area contributed by atoms with Gasteiger partial charge in [-0.2, -0.15) is 0 Å². The number of alkyl carbamates (subject to hydrolysis) is 1. The smallest absolute Gasteiger partial charge is 0.408 e. The van der Waals surface area contributed by atoms with Crippen molar-refractivity contribution in [2.75, 3.05) is 20.3 Å². The summed E-state index contributed by atoms with van der Waals surface area (Å²) in [5, 5.41) is 15.0. The molecule has 42 heavy (non-hydrogen) atoms. The van der Waals surface area contributed by atoms with Crippen molar-refractivity contribution in [1.82, 2.24) is 10.6 Å². The average molecular weight is 571 g/mol. The Hall–Kier alpha value is -5.13. The summed E-state index contributed by atoms with van der Waals surface area (Å²) < 4.78 is 9.43. The Labute approximate surface area is 245 Å². The molecule has 0 heterocycles. The normalized spacial score (nSPS) is 9.50. The predicted octanol–water partition coefficient (Wildman–Crippen LogP) is 2.51. The van der Waals surface area contributed by atoms with E-state index >= 15 is 0 Å². The van der Waals surface area contributed by atoms with Crippen molar-refractivity contribution in [2.45, 2.75) is 26.2 Å². The van der Waals surface area contributed by atoms with Gasteiger partial charge in [-0.25, -0.2) is 9.59 Å². The summed E-state index contributed by atoms with van der Waals surface area (Å²) in [5.41, 5.74) is 16.1. The minimum absolute atomic E-state index is 0.0382. The van der Waals surface area contributed by atoms with Crippen molar-refractivity contribution in [1.29, 1.82) is 0 Å². The molecule has 0 aliphatic heterocycles. The van der Waals surface area contributed by atoms with Gasteiger partial charge in [0, 0.05) is 37.3 Å². The van der Waals surface area contributed by atoms with Gasteiger partial charge in [0.15, 0.2) is 13.2 Å². The van der Waals surface area contributed by atoms with E-state index in [1.54, 1.807) is 6.07 Å². The molecule has 0 aliphatic carbocycles. The SMILES string of the molecule is CNCc1cccc(CN)c1.NCc1cccc(CNC(=O)OCC#Cc2ccc(C#CCOC=O)c(C(=O)O)c2)c1. The molecule has 3 aromatic carbocycles. The van der Waals surface area contributed by atoms with Crippen LogP contribution in [-0.2, 0) is 40.4 Å². The maximum Gasteiger partial charge on any atom is 0.408 e. The molecule has 3 rings (SSSR count). The first-order chi connectivity index (χ1) is 20.4. The first kappa shape index (κ1) is 33.1. The number of nitrogens with two attached hydrogens (primary N) is 2. The number of carboxylic acids is 1. The molecule has 0 atom stereocenters. The summed E-state index contributed by atoms with van der Waals surface area (Å²) >= 11 is 0. The summed E-state index contributed by atoms with van der Waals surface area (Å²) in [5.74, 6) is 9.39. The quantitative estimate of drug-likeness (QED) is 0.140. The zero-order valence-electron chi connectivity index (χ0n) is 23.3. The Morgan fingerprint density at radius 2 is 1.48 bits per heavy atom. The van der Waals surface area contributed by atoms with Crippen LogP contribution in [0, 0.1) is 23.7 Å². The van der Waals surface area contributed by atoms with E-state index in [2.05, 4.69) is 51.2 Å². The average Bonchev–Trinajstić information content (AvgIpc) is 3.01. The number of aromatic carboxylic acids is 1. The third-order valence-corrected chi connectivity index (χ3v) is 5.48. The van der Waals surface area contributed by atoms with Crippen molar-refractivity contribution in [3.63, 3.8) is 0 Å². The van der Waals surface area contributed by atoms with Gasteiger partial charge in [0.05, 0.1) is 5.56 Å². The van der Waals surface area contributed by atoms with Crippen molar-refractivity contribution in [3.05, 3.63) is 106 Å². The molecular weight excluding hydrogens is 536 g/mol. The van der Waals surface area contributed by atoms with Crippen LogP contribution in [0.15, 0.2) is 66.7 Å². The topological polar surface area (TPSA) is 166 Å². The van der Waals surface area contributed by atoms with Crippen molar-refractivity contribution < 1.29 is 29.0 Å². The third kappa shape index (κ3) is 12.4. The molecular formula is C32H34N4O6. The Kier molecular flexibility index (Phi) is 15.0. The molecule has 0 fully saturated rings. The standard InChI is InChI=1S/C23H20N2O6.C9H14N2/c24-14-18-4-1-5-19(12-18)15-25-23(29)31-11-2-6-17-8-9-20(7-3-10-30-16-26)21(13-17)22(27)28;1-11-7-9-4-2-3-8(5-9)6-10/h1,4-5,8-9,12-13,16H,10-11,14-15,24H2,(H,25,29)(H,27,28);2-5,11H,6-7,10H2,1H3. The van der Waals surface area contributed by atoms with Crippen molar-refractivity contribution >= 4 is 18.5 Å². The number of rotatable bonds is 10. The highest BCUT2D eigenvalue weighted by Crippen LogP contribution is 2.11. The van der Waals surface area contributed by atoms with Gasteiger partial charge in [0.25, 0.3) is 6.47 Å². The Balaban J connectivity index is 0.000000468. The third-order valence-electron chi connectivity index (χ3n) is 5.48. The number of ether oxygens (including phenoxy) is 2. The van der Waals surface area contributed by atoms with Gasteiger partial charge in [-0.1, -0.05) is 72.2 Å². The van der Waals surface area contributed by atoms with E-state index in [9.17, 15) is 19.5 Å². The number of hydrogen-bond acceptors (Lipinski definition) is 8. The monoisotopic (exact) mass is 570 g/mol. The fourth-order valence-electron chi connectivity index (χ4n) is 3.52. The number of carboxylic acid groups (broad SMARTS) is 1. The van der Waals surface area contributed by atoms with E-state index in [-0.39, 0.29) is 30.8 Å². The van der Waals surface area contributed by atoms with Gasteiger partial charge < -0.3 is 36.7 Å². The van der Waals surface area contributed by atoms with Gasteiger partial charge >= 0.3 is 12.1 Å². The highest BCUT2D eigenvalue weighted by Gasteiger charge is 2.09. The predicted molar refractivity (Wildman–Crippen MR) is 159 cm³/mol. The molecule has 7 N–H and O–H groups in total. The largest absolute Gasteiger partial charge is 0.478 e. The lowest BCUT2D eigenvalue weighted by molar-refractivity contribution is -0.127. The molecule has 1 amide bonds. The van der Waals surface area contributed by atoms with E-state index < -0.39 is 12.1 Å². The summed E-state index contributed by atoms with van der Waals surface area (Å²) in [6.45, 7) is 2.20. The lowest BCUT2D eigenvalue weighted by Crippen LogP contribution is -2.24.